The Balaban J connectivity index is 1.37. The largest absolute Gasteiger partial charge is 0.306 e. The van der Waals surface area contributed by atoms with Gasteiger partial charge in [0, 0.05) is 13.1 Å². The van der Waals surface area contributed by atoms with Gasteiger partial charge in [0.2, 0.25) is 0 Å². The fraction of sp³-hybridized carbons (Fsp3) is 1.00. The Labute approximate surface area is 164 Å². The molecule has 26 heavy (non-hydrogen) atoms. The van der Waals surface area contributed by atoms with Crippen LogP contribution in [0.3, 0.4) is 0 Å². The highest BCUT2D eigenvalue weighted by molar-refractivity contribution is 4.93. The molecule has 0 spiro atoms. The number of piperidine rings is 1. The topological polar surface area (TPSA) is 6.48 Å². The van der Waals surface area contributed by atoms with Crippen LogP contribution in [0.25, 0.3) is 0 Å². The van der Waals surface area contributed by atoms with Crippen LogP contribution in [0, 0.1) is 34.5 Å². The predicted molar refractivity (Wildman–Crippen MR) is 113 cm³/mol. The molecule has 1 aliphatic carbocycles. The van der Waals surface area contributed by atoms with E-state index in [1.807, 2.05) is 0 Å². The highest BCUT2D eigenvalue weighted by Gasteiger charge is 2.41. The molecule has 2 unspecified atom stereocenters. The van der Waals surface area contributed by atoms with Crippen molar-refractivity contribution in [1.82, 2.24) is 9.80 Å². The first-order valence-electron chi connectivity index (χ1n) is 11.5. The molecule has 0 aromatic heterocycles. The molecule has 1 saturated carbocycles. The molecule has 2 heterocycles. The van der Waals surface area contributed by atoms with Crippen molar-refractivity contribution in [2.75, 3.05) is 39.8 Å². The van der Waals surface area contributed by atoms with Gasteiger partial charge in [-0.1, -0.05) is 34.6 Å². The van der Waals surface area contributed by atoms with Crippen molar-refractivity contribution < 1.29 is 0 Å². The molecule has 0 bridgehead atoms. The smallest absolute Gasteiger partial charge is 0.00130 e. The van der Waals surface area contributed by atoms with E-state index in [0.717, 1.165) is 23.7 Å². The third-order valence-electron chi connectivity index (χ3n) is 7.61. The summed E-state index contributed by atoms with van der Waals surface area (Å²) >= 11 is 0. The van der Waals surface area contributed by atoms with Crippen molar-refractivity contribution >= 4 is 0 Å². The van der Waals surface area contributed by atoms with Crippen LogP contribution in [-0.2, 0) is 0 Å². The van der Waals surface area contributed by atoms with Gasteiger partial charge in [0.15, 0.2) is 0 Å². The van der Waals surface area contributed by atoms with Crippen LogP contribution in [0.2, 0.25) is 0 Å². The summed E-state index contributed by atoms with van der Waals surface area (Å²) in [5.74, 6) is 4.00. The third-order valence-corrected chi connectivity index (χ3v) is 7.61. The Hall–Kier alpha value is -0.0800. The minimum Gasteiger partial charge on any atom is -0.306 e. The lowest BCUT2D eigenvalue weighted by Gasteiger charge is -2.35. The molecule has 2 nitrogen and oxygen atoms in total. The highest BCUT2D eigenvalue weighted by atomic mass is 15.2. The van der Waals surface area contributed by atoms with Crippen molar-refractivity contribution in [2.24, 2.45) is 34.5 Å². The minimum atomic E-state index is 0.515. The molecule has 2 atom stereocenters. The first-order chi connectivity index (χ1) is 12.1. The predicted octanol–water partition coefficient (Wildman–Crippen LogP) is 5.53. The lowest BCUT2D eigenvalue weighted by Crippen LogP contribution is -2.33. The lowest BCUT2D eigenvalue weighted by molar-refractivity contribution is 0.148. The Kier molecular flexibility index (Phi) is 6.44. The second-order valence-corrected chi connectivity index (χ2v) is 12.2. The van der Waals surface area contributed by atoms with E-state index in [1.54, 1.807) is 0 Å². The van der Waals surface area contributed by atoms with E-state index in [1.165, 1.54) is 77.7 Å². The summed E-state index contributed by atoms with van der Waals surface area (Å²) in [7, 11) is 2.28. The summed E-state index contributed by atoms with van der Waals surface area (Å²) in [6, 6.07) is 0. The maximum atomic E-state index is 2.82. The van der Waals surface area contributed by atoms with Crippen LogP contribution in [0.4, 0.5) is 0 Å². The molecule has 152 valence electrons. The summed E-state index contributed by atoms with van der Waals surface area (Å²) in [6.45, 7) is 19.1. The van der Waals surface area contributed by atoms with Crippen LogP contribution < -0.4 is 0 Å². The third kappa shape index (κ3) is 5.96. The molecule has 0 aromatic carbocycles. The first-order valence-corrected chi connectivity index (χ1v) is 11.5. The van der Waals surface area contributed by atoms with Gasteiger partial charge >= 0.3 is 0 Å². The van der Waals surface area contributed by atoms with Crippen LogP contribution in [0.15, 0.2) is 0 Å². The Morgan fingerprint density at radius 1 is 0.808 bits per heavy atom. The molecule has 3 fully saturated rings. The van der Waals surface area contributed by atoms with Crippen molar-refractivity contribution in [3.63, 3.8) is 0 Å². The summed E-state index contributed by atoms with van der Waals surface area (Å²) in [4.78, 5) is 5.32. The summed E-state index contributed by atoms with van der Waals surface area (Å²) in [5.41, 5.74) is 1.04. The molecule has 2 heteroatoms. The van der Waals surface area contributed by atoms with Crippen LogP contribution in [0.1, 0.15) is 79.6 Å². The average Bonchev–Trinajstić information content (AvgIpc) is 3.03. The van der Waals surface area contributed by atoms with Gasteiger partial charge < -0.3 is 9.80 Å². The molecular formula is C24H46N2. The summed E-state index contributed by atoms with van der Waals surface area (Å²) in [5, 5.41) is 0. The fourth-order valence-electron chi connectivity index (χ4n) is 6.35. The van der Waals surface area contributed by atoms with Gasteiger partial charge in [0.05, 0.1) is 0 Å². The van der Waals surface area contributed by atoms with Crippen molar-refractivity contribution in [3.8, 4) is 0 Å². The maximum Gasteiger partial charge on any atom is 0.00130 e. The van der Waals surface area contributed by atoms with Gasteiger partial charge in [-0.05, 0) is 106 Å². The zero-order valence-corrected chi connectivity index (χ0v) is 18.7. The van der Waals surface area contributed by atoms with Gasteiger partial charge in [0.25, 0.3) is 0 Å². The van der Waals surface area contributed by atoms with Gasteiger partial charge in [0.1, 0.15) is 0 Å². The van der Waals surface area contributed by atoms with Crippen molar-refractivity contribution in [1.29, 1.82) is 0 Å². The van der Waals surface area contributed by atoms with E-state index in [9.17, 15) is 0 Å². The maximum absolute atomic E-state index is 2.82. The molecule has 2 aliphatic heterocycles. The molecule has 3 rings (SSSR count). The molecule has 0 amide bonds. The van der Waals surface area contributed by atoms with E-state index < -0.39 is 0 Å². The zero-order valence-electron chi connectivity index (χ0n) is 18.7. The van der Waals surface area contributed by atoms with E-state index in [-0.39, 0.29) is 0 Å². The van der Waals surface area contributed by atoms with E-state index >= 15 is 0 Å². The molecule has 0 aromatic rings. The van der Waals surface area contributed by atoms with Gasteiger partial charge in [-0.2, -0.15) is 0 Å². The first kappa shape index (κ1) is 20.6. The average molecular weight is 363 g/mol. The SMILES string of the molecule is CN1CCC(CC(C)(C)CCN2CC3CC(CC(C)(C)C)CC3C2)CC1. The number of likely N-dealkylation sites (tertiary alicyclic amines) is 2. The lowest BCUT2D eigenvalue weighted by atomic mass is 9.77. The van der Waals surface area contributed by atoms with Crippen LogP contribution >= 0.6 is 0 Å². The molecule has 3 aliphatic rings. The van der Waals surface area contributed by atoms with Gasteiger partial charge in [-0.25, -0.2) is 0 Å². The monoisotopic (exact) mass is 362 g/mol. The van der Waals surface area contributed by atoms with E-state index in [4.69, 9.17) is 0 Å². The van der Waals surface area contributed by atoms with Gasteiger partial charge in [-0.3, -0.25) is 0 Å². The zero-order chi connectivity index (χ0) is 18.9. The number of fused-ring (bicyclic) bond motifs is 1. The summed E-state index contributed by atoms with van der Waals surface area (Å²) in [6.07, 6.45) is 10.1. The van der Waals surface area contributed by atoms with Crippen molar-refractivity contribution in [2.45, 2.75) is 79.6 Å². The van der Waals surface area contributed by atoms with E-state index in [0.29, 0.717) is 10.8 Å². The summed E-state index contributed by atoms with van der Waals surface area (Å²) < 4.78 is 0. The number of rotatable bonds is 6. The van der Waals surface area contributed by atoms with E-state index in [2.05, 4.69) is 51.5 Å². The Morgan fingerprint density at radius 2 is 1.38 bits per heavy atom. The second-order valence-electron chi connectivity index (χ2n) is 12.2. The number of nitrogens with zero attached hydrogens (tertiary/aromatic N) is 2. The van der Waals surface area contributed by atoms with Crippen LogP contribution in [-0.4, -0.2) is 49.6 Å². The minimum absolute atomic E-state index is 0.515. The normalized spacial score (nSPS) is 32.3. The van der Waals surface area contributed by atoms with Crippen molar-refractivity contribution in [3.05, 3.63) is 0 Å². The Morgan fingerprint density at radius 3 is 1.92 bits per heavy atom. The number of hydrogen-bond donors (Lipinski definition) is 0. The molecule has 0 N–H and O–H groups in total. The van der Waals surface area contributed by atoms with Gasteiger partial charge in [-0.15, -0.1) is 0 Å². The quantitative estimate of drug-likeness (QED) is 0.613. The fourth-order valence-corrected chi connectivity index (χ4v) is 6.35. The molecular weight excluding hydrogens is 316 g/mol. The number of hydrogen-bond acceptors (Lipinski definition) is 2. The molecule has 2 saturated heterocycles. The van der Waals surface area contributed by atoms with Crippen LogP contribution in [0.5, 0.6) is 0 Å². The Bertz CT molecular complexity index is 428. The standard InChI is InChI=1S/C24H46N2/c1-23(2,3)15-20-13-21-17-26(18-22(21)14-20)12-9-24(4,5)16-19-7-10-25(6)11-8-19/h19-22H,7-18H2,1-6H3. The second kappa shape index (κ2) is 8.11. The highest BCUT2D eigenvalue weighted by Crippen LogP contribution is 2.46. The molecule has 0 radical (unpaired) electrons.